The smallest absolute Gasteiger partial charge is 0.225 e. The summed E-state index contributed by atoms with van der Waals surface area (Å²) in [6, 6.07) is 10.0. The Morgan fingerprint density at radius 3 is 2.70 bits per heavy atom. The van der Waals surface area contributed by atoms with E-state index < -0.39 is 0 Å². The maximum absolute atomic E-state index is 12.0. The lowest BCUT2D eigenvalue weighted by Gasteiger charge is -2.24. The molecule has 4 nitrogen and oxygen atoms in total. The van der Waals surface area contributed by atoms with E-state index in [2.05, 4.69) is 5.16 Å². The van der Waals surface area contributed by atoms with Gasteiger partial charge >= 0.3 is 0 Å². The molecule has 2 rings (SSSR count). The van der Waals surface area contributed by atoms with Crippen LogP contribution in [0.25, 0.3) is 0 Å². The average Bonchev–Trinajstić information content (AvgIpc) is 2.93. The normalized spacial score (nSPS) is 17.8. The predicted molar refractivity (Wildman–Crippen MR) is 79.6 cm³/mol. The molecule has 4 heteroatoms. The van der Waals surface area contributed by atoms with Crippen molar-refractivity contribution in [2.75, 3.05) is 13.1 Å². The molecule has 20 heavy (non-hydrogen) atoms. The largest absolute Gasteiger partial charge is 0.390 e. The Balaban J connectivity index is 1.93. The highest BCUT2D eigenvalue weighted by atomic mass is 16.6. The van der Waals surface area contributed by atoms with Gasteiger partial charge in [-0.3, -0.25) is 4.79 Å². The summed E-state index contributed by atoms with van der Waals surface area (Å²) in [5.41, 5.74) is 2.05. The number of rotatable bonds is 5. The van der Waals surface area contributed by atoms with Crippen LogP contribution in [0, 0.1) is 5.92 Å². The first-order chi connectivity index (χ1) is 9.61. The zero-order valence-corrected chi connectivity index (χ0v) is 12.4. The number of nitrogens with zero attached hydrogens (tertiary/aromatic N) is 2. The van der Waals surface area contributed by atoms with Gasteiger partial charge in [0.25, 0.3) is 0 Å². The van der Waals surface area contributed by atoms with Gasteiger partial charge in [0.2, 0.25) is 5.91 Å². The van der Waals surface area contributed by atoms with E-state index in [0.29, 0.717) is 13.1 Å². The van der Waals surface area contributed by atoms with Gasteiger partial charge < -0.3 is 9.74 Å². The van der Waals surface area contributed by atoms with Crippen LogP contribution in [0.1, 0.15) is 32.8 Å². The highest BCUT2D eigenvalue weighted by Gasteiger charge is 2.26. The third-order valence-corrected chi connectivity index (χ3v) is 3.45. The van der Waals surface area contributed by atoms with Crippen LogP contribution in [0.3, 0.4) is 0 Å². The molecule has 0 spiro atoms. The Morgan fingerprint density at radius 2 is 2.10 bits per heavy atom. The lowest BCUT2D eigenvalue weighted by molar-refractivity contribution is -0.136. The zero-order valence-electron chi connectivity index (χ0n) is 12.4. The van der Waals surface area contributed by atoms with Crippen molar-refractivity contribution in [3.05, 3.63) is 35.9 Å². The number of benzene rings is 1. The topological polar surface area (TPSA) is 41.9 Å². The van der Waals surface area contributed by atoms with Crippen molar-refractivity contribution in [1.29, 1.82) is 0 Å². The van der Waals surface area contributed by atoms with Crippen LogP contribution in [0.2, 0.25) is 0 Å². The summed E-state index contributed by atoms with van der Waals surface area (Å²) < 4.78 is 0. The first-order valence-electron chi connectivity index (χ1n) is 7.18. The minimum atomic E-state index is -0.0344. The molecule has 108 valence electrons. The summed E-state index contributed by atoms with van der Waals surface area (Å²) in [7, 11) is 0. The molecule has 1 amide bonds. The van der Waals surface area contributed by atoms with E-state index in [9.17, 15) is 4.79 Å². The Labute approximate surface area is 120 Å². The van der Waals surface area contributed by atoms with Crippen LogP contribution >= 0.6 is 0 Å². The van der Waals surface area contributed by atoms with Crippen LogP contribution in [0.5, 0.6) is 0 Å². The van der Waals surface area contributed by atoms with E-state index in [1.165, 1.54) is 0 Å². The third-order valence-electron chi connectivity index (χ3n) is 3.45. The average molecular weight is 274 g/mol. The summed E-state index contributed by atoms with van der Waals surface area (Å²) >= 11 is 0. The molecule has 0 saturated carbocycles. The van der Waals surface area contributed by atoms with Crippen molar-refractivity contribution in [3.8, 4) is 0 Å². The second-order valence-electron chi connectivity index (χ2n) is 5.37. The van der Waals surface area contributed by atoms with E-state index in [4.69, 9.17) is 4.84 Å². The summed E-state index contributed by atoms with van der Waals surface area (Å²) in [5, 5.41) is 4.16. The molecule has 0 aromatic heterocycles. The first kappa shape index (κ1) is 14.6. The van der Waals surface area contributed by atoms with Crippen molar-refractivity contribution in [2.45, 2.75) is 33.3 Å². The highest BCUT2D eigenvalue weighted by molar-refractivity contribution is 6.01. The molecule has 0 saturated heterocycles. The number of hydrogen-bond donors (Lipinski definition) is 0. The molecule has 1 aliphatic heterocycles. The maximum atomic E-state index is 12.0. The summed E-state index contributed by atoms with van der Waals surface area (Å²) in [4.78, 5) is 19.4. The monoisotopic (exact) mass is 274 g/mol. The van der Waals surface area contributed by atoms with E-state index >= 15 is 0 Å². The van der Waals surface area contributed by atoms with Crippen molar-refractivity contribution >= 4 is 11.6 Å². The maximum Gasteiger partial charge on any atom is 0.225 e. The lowest BCUT2D eigenvalue weighted by atomic mass is 10.0. The fraction of sp³-hybridized carbons (Fsp3) is 0.500. The summed E-state index contributed by atoms with van der Waals surface area (Å²) in [5.74, 6) is 0.190. The van der Waals surface area contributed by atoms with Gasteiger partial charge in [-0.05, 0) is 12.5 Å². The Kier molecular flexibility index (Phi) is 4.77. The molecule has 0 aliphatic carbocycles. The van der Waals surface area contributed by atoms with Crippen LogP contribution in [-0.4, -0.2) is 35.7 Å². The fourth-order valence-corrected chi connectivity index (χ4v) is 2.31. The number of amides is 1. The van der Waals surface area contributed by atoms with E-state index in [1.807, 2.05) is 56.0 Å². The van der Waals surface area contributed by atoms with Gasteiger partial charge in [0.05, 0.1) is 12.3 Å². The van der Waals surface area contributed by atoms with Gasteiger partial charge in [-0.15, -0.1) is 0 Å². The number of hydrogen-bond acceptors (Lipinski definition) is 3. The minimum absolute atomic E-state index is 0.0193. The number of carbonyl (C=O) groups is 1. The van der Waals surface area contributed by atoms with Crippen molar-refractivity contribution in [3.63, 3.8) is 0 Å². The predicted octanol–water partition coefficient (Wildman–Crippen LogP) is 2.68. The van der Waals surface area contributed by atoms with Crippen molar-refractivity contribution < 1.29 is 9.63 Å². The second-order valence-corrected chi connectivity index (χ2v) is 5.37. The van der Waals surface area contributed by atoms with Crippen LogP contribution in [0.4, 0.5) is 0 Å². The Morgan fingerprint density at radius 1 is 1.40 bits per heavy atom. The Hall–Kier alpha value is -1.84. The van der Waals surface area contributed by atoms with Gasteiger partial charge in [-0.25, -0.2) is 0 Å². The van der Waals surface area contributed by atoms with E-state index in [0.717, 1.165) is 17.7 Å². The van der Waals surface area contributed by atoms with Gasteiger partial charge in [-0.2, -0.15) is 0 Å². The molecule has 1 aliphatic rings. The lowest BCUT2D eigenvalue weighted by Crippen LogP contribution is -2.39. The molecule has 0 fully saturated rings. The molecule has 0 bridgehead atoms. The standard InChI is InChI=1S/C16H22N2O2/c1-4-18(16(19)12(2)3)11-14-10-15(17-20-14)13-8-6-5-7-9-13/h5-9,12,14H,4,10-11H2,1-3H3. The van der Waals surface area contributed by atoms with Gasteiger partial charge in [0, 0.05) is 18.9 Å². The molecule has 1 aromatic carbocycles. The first-order valence-corrected chi connectivity index (χ1v) is 7.18. The molecule has 0 radical (unpaired) electrons. The summed E-state index contributed by atoms with van der Waals surface area (Å²) in [6.07, 6.45) is 0.721. The summed E-state index contributed by atoms with van der Waals surface area (Å²) in [6.45, 7) is 7.15. The van der Waals surface area contributed by atoms with Crippen LogP contribution in [-0.2, 0) is 9.63 Å². The molecule has 1 atom stereocenters. The zero-order chi connectivity index (χ0) is 14.5. The number of carbonyl (C=O) groups excluding carboxylic acids is 1. The highest BCUT2D eigenvalue weighted by Crippen LogP contribution is 2.18. The quantitative estimate of drug-likeness (QED) is 0.828. The second kappa shape index (κ2) is 6.55. The SMILES string of the molecule is CCN(CC1CC(c2ccccc2)=NO1)C(=O)C(C)C. The number of likely N-dealkylation sites (N-methyl/N-ethyl adjacent to an activating group) is 1. The van der Waals surface area contributed by atoms with Gasteiger partial charge in [0.15, 0.2) is 6.10 Å². The molecular weight excluding hydrogens is 252 g/mol. The Bertz CT molecular complexity index is 483. The molecule has 0 N–H and O–H groups in total. The van der Waals surface area contributed by atoms with Crippen LogP contribution < -0.4 is 0 Å². The van der Waals surface area contributed by atoms with Gasteiger partial charge in [-0.1, -0.05) is 49.3 Å². The molecule has 1 heterocycles. The third kappa shape index (κ3) is 3.38. The van der Waals surface area contributed by atoms with E-state index in [1.54, 1.807) is 0 Å². The molecular formula is C16H22N2O2. The van der Waals surface area contributed by atoms with Crippen LogP contribution in [0.15, 0.2) is 35.5 Å². The fourth-order valence-electron chi connectivity index (χ4n) is 2.31. The van der Waals surface area contributed by atoms with Gasteiger partial charge in [0.1, 0.15) is 0 Å². The molecule has 1 unspecified atom stereocenters. The molecule has 1 aromatic rings. The van der Waals surface area contributed by atoms with Crippen molar-refractivity contribution in [2.24, 2.45) is 11.1 Å². The van der Waals surface area contributed by atoms with Crippen molar-refractivity contribution in [1.82, 2.24) is 4.90 Å². The van der Waals surface area contributed by atoms with E-state index in [-0.39, 0.29) is 17.9 Å². The minimum Gasteiger partial charge on any atom is -0.390 e. The number of oxime groups is 1.